The number of carbonyl (C=O) groups excluding carboxylic acids is 1. The summed E-state index contributed by atoms with van der Waals surface area (Å²) >= 11 is 0. The molecule has 0 saturated carbocycles. The van der Waals surface area contributed by atoms with Crippen LogP contribution in [-0.2, 0) is 4.79 Å². The van der Waals surface area contributed by atoms with Gasteiger partial charge in [-0.2, -0.15) is 0 Å². The lowest BCUT2D eigenvalue weighted by Crippen LogP contribution is -2.46. The molecule has 1 aliphatic heterocycles. The maximum Gasteiger partial charge on any atom is 0.230 e. The summed E-state index contributed by atoms with van der Waals surface area (Å²) in [6.45, 7) is 0. The van der Waals surface area contributed by atoms with Crippen LogP contribution in [0.3, 0.4) is 0 Å². The first-order valence-corrected chi connectivity index (χ1v) is 6.40. The van der Waals surface area contributed by atoms with Crippen LogP contribution in [0.5, 0.6) is 5.75 Å². The van der Waals surface area contributed by atoms with E-state index in [9.17, 15) is 9.18 Å². The zero-order valence-electron chi connectivity index (χ0n) is 11.0. The summed E-state index contributed by atoms with van der Waals surface area (Å²) in [6.07, 6.45) is 0.476. The second-order valence-corrected chi connectivity index (χ2v) is 4.73. The lowest BCUT2D eigenvalue weighted by Gasteiger charge is -2.40. The van der Waals surface area contributed by atoms with Crippen molar-refractivity contribution >= 4 is 11.6 Å². The summed E-state index contributed by atoms with van der Waals surface area (Å²) in [5.74, 6) is 0.535. The number of β-lactam (4-membered cyclic amide) rings is 1. The first-order valence-electron chi connectivity index (χ1n) is 6.40. The molecular formula is C16H14FNO2. The molecular weight excluding hydrogens is 257 g/mol. The number of benzene rings is 2. The number of hydrogen-bond acceptors (Lipinski definition) is 2. The van der Waals surface area contributed by atoms with Crippen molar-refractivity contribution in [2.75, 3.05) is 12.0 Å². The highest BCUT2D eigenvalue weighted by atomic mass is 19.1. The van der Waals surface area contributed by atoms with E-state index in [4.69, 9.17) is 4.74 Å². The molecule has 0 radical (unpaired) electrons. The topological polar surface area (TPSA) is 29.5 Å². The molecule has 3 rings (SSSR count). The van der Waals surface area contributed by atoms with Crippen molar-refractivity contribution in [1.29, 1.82) is 0 Å². The predicted molar refractivity (Wildman–Crippen MR) is 74.2 cm³/mol. The van der Waals surface area contributed by atoms with Gasteiger partial charge in [0.25, 0.3) is 0 Å². The molecule has 1 saturated heterocycles. The summed E-state index contributed by atoms with van der Waals surface area (Å²) in [6, 6.07) is 13.7. The summed E-state index contributed by atoms with van der Waals surface area (Å²) in [5.41, 5.74) is 1.78. The predicted octanol–water partition coefficient (Wildman–Crippen LogP) is 3.31. The standard InChI is InChI=1S/C16H14FNO2/c1-20-14-8-2-11(3-9-14)15-10-16(19)18(15)13-6-4-12(17)5-7-13/h2-9,15H,10H2,1H3. The van der Waals surface area contributed by atoms with Crippen LogP contribution >= 0.6 is 0 Å². The summed E-state index contributed by atoms with van der Waals surface area (Å²) in [4.78, 5) is 13.5. The fraction of sp³-hybridized carbons (Fsp3) is 0.188. The van der Waals surface area contributed by atoms with Gasteiger partial charge < -0.3 is 9.64 Å². The molecule has 1 aliphatic rings. The maximum atomic E-state index is 13.0. The van der Waals surface area contributed by atoms with E-state index < -0.39 is 0 Å². The normalized spacial score (nSPS) is 17.8. The molecule has 20 heavy (non-hydrogen) atoms. The van der Waals surface area contributed by atoms with Crippen LogP contribution in [-0.4, -0.2) is 13.0 Å². The van der Waals surface area contributed by atoms with E-state index in [2.05, 4.69) is 0 Å². The minimum absolute atomic E-state index is 0.0128. The third-order valence-electron chi connectivity index (χ3n) is 3.55. The lowest BCUT2D eigenvalue weighted by molar-refractivity contribution is -0.124. The number of amides is 1. The molecule has 1 heterocycles. The number of methoxy groups -OCH3 is 1. The monoisotopic (exact) mass is 271 g/mol. The molecule has 0 aromatic heterocycles. The van der Waals surface area contributed by atoms with Crippen LogP contribution in [0.4, 0.5) is 10.1 Å². The van der Waals surface area contributed by atoms with Crippen molar-refractivity contribution in [2.45, 2.75) is 12.5 Å². The Morgan fingerprint density at radius 3 is 2.30 bits per heavy atom. The average molecular weight is 271 g/mol. The highest BCUT2D eigenvalue weighted by Crippen LogP contribution is 2.39. The van der Waals surface area contributed by atoms with Gasteiger partial charge in [-0.05, 0) is 42.0 Å². The van der Waals surface area contributed by atoms with E-state index in [1.165, 1.54) is 12.1 Å². The van der Waals surface area contributed by atoms with Gasteiger partial charge in [-0.3, -0.25) is 4.79 Å². The van der Waals surface area contributed by atoms with Crippen molar-refractivity contribution < 1.29 is 13.9 Å². The fourth-order valence-electron chi connectivity index (χ4n) is 2.44. The smallest absolute Gasteiger partial charge is 0.230 e. The maximum absolute atomic E-state index is 13.0. The van der Waals surface area contributed by atoms with Gasteiger partial charge in [0.1, 0.15) is 11.6 Å². The van der Waals surface area contributed by atoms with Crippen LogP contribution in [0, 0.1) is 5.82 Å². The van der Waals surface area contributed by atoms with Crippen LogP contribution in [0.15, 0.2) is 48.5 Å². The second kappa shape index (κ2) is 4.96. The quantitative estimate of drug-likeness (QED) is 0.801. The Morgan fingerprint density at radius 1 is 1.10 bits per heavy atom. The molecule has 1 atom stereocenters. The molecule has 102 valence electrons. The van der Waals surface area contributed by atoms with Gasteiger partial charge in [-0.25, -0.2) is 4.39 Å². The van der Waals surface area contributed by atoms with E-state index in [-0.39, 0.29) is 17.8 Å². The van der Waals surface area contributed by atoms with E-state index in [0.29, 0.717) is 6.42 Å². The minimum atomic E-state index is -0.303. The Kier molecular flexibility index (Phi) is 3.14. The molecule has 2 aromatic rings. The van der Waals surface area contributed by atoms with Gasteiger partial charge in [0.2, 0.25) is 5.91 Å². The first-order chi connectivity index (χ1) is 9.69. The fourth-order valence-corrected chi connectivity index (χ4v) is 2.44. The first kappa shape index (κ1) is 12.7. The van der Waals surface area contributed by atoms with E-state index in [0.717, 1.165) is 17.0 Å². The molecule has 0 aliphatic carbocycles. The van der Waals surface area contributed by atoms with Gasteiger partial charge in [-0.1, -0.05) is 12.1 Å². The summed E-state index contributed by atoms with van der Waals surface area (Å²) in [7, 11) is 1.62. The molecule has 0 spiro atoms. The highest BCUT2D eigenvalue weighted by molar-refractivity contribution is 6.01. The minimum Gasteiger partial charge on any atom is -0.497 e. The highest BCUT2D eigenvalue weighted by Gasteiger charge is 2.38. The van der Waals surface area contributed by atoms with E-state index in [1.807, 2.05) is 24.3 Å². The number of carbonyl (C=O) groups is 1. The van der Waals surface area contributed by atoms with Crippen molar-refractivity contribution in [3.05, 3.63) is 59.9 Å². The Labute approximate surface area is 116 Å². The average Bonchev–Trinajstić information content (AvgIpc) is 2.47. The number of hydrogen-bond donors (Lipinski definition) is 0. The number of nitrogens with zero attached hydrogens (tertiary/aromatic N) is 1. The Hall–Kier alpha value is -2.36. The molecule has 0 bridgehead atoms. The van der Waals surface area contributed by atoms with Crippen LogP contribution in [0.1, 0.15) is 18.0 Å². The van der Waals surface area contributed by atoms with Crippen LogP contribution in [0.25, 0.3) is 0 Å². The van der Waals surface area contributed by atoms with Crippen LogP contribution < -0.4 is 9.64 Å². The van der Waals surface area contributed by atoms with Gasteiger partial charge in [0, 0.05) is 5.69 Å². The van der Waals surface area contributed by atoms with Gasteiger partial charge >= 0.3 is 0 Å². The van der Waals surface area contributed by atoms with Crippen molar-refractivity contribution in [3.63, 3.8) is 0 Å². The number of halogens is 1. The van der Waals surface area contributed by atoms with Crippen molar-refractivity contribution in [1.82, 2.24) is 0 Å². The summed E-state index contributed by atoms with van der Waals surface area (Å²) in [5, 5.41) is 0. The van der Waals surface area contributed by atoms with E-state index >= 15 is 0 Å². The Morgan fingerprint density at radius 2 is 1.75 bits per heavy atom. The lowest BCUT2D eigenvalue weighted by atomic mass is 9.93. The van der Waals surface area contributed by atoms with Crippen molar-refractivity contribution in [2.24, 2.45) is 0 Å². The molecule has 2 aromatic carbocycles. The largest absolute Gasteiger partial charge is 0.497 e. The molecule has 1 amide bonds. The molecule has 0 N–H and O–H groups in total. The zero-order chi connectivity index (χ0) is 14.1. The zero-order valence-corrected chi connectivity index (χ0v) is 11.0. The number of rotatable bonds is 3. The molecule has 3 nitrogen and oxygen atoms in total. The second-order valence-electron chi connectivity index (χ2n) is 4.73. The van der Waals surface area contributed by atoms with Gasteiger partial charge in [0.05, 0.1) is 19.6 Å². The van der Waals surface area contributed by atoms with E-state index in [1.54, 1.807) is 24.1 Å². The Balaban J connectivity index is 1.86. The number of ether oxygens (including phenoxy) is 1. The van der Waals surface area contributed by atoms with Crippen LogP contribution in [0.2, 0.25) is 0 Å². The molecule has 4 heteroatoms. The molecule has 1 unspecified atom stereocenters. The molecule has 1 fully saturated rings. The Bertz CT molecular complexity index is 622. The van der Waals surface area contributed by atoms with Gasteiger partial charge in [-0.15, -0.1) is 0 Å². The third-order valence-corrected chi connectivity index (χ3v) is 3.55. The summed E-state index contributed by atoms with van der Waals surface area (Å²) < 4.78 is 18.1. The third kappa shape index (κ3) is 2.13. The number of anilines is 1. The SMILES string of the molecule is COc1ccc(C2CC(=O)N2c2ccc(F)cc2)cc1. The van der Waals surface area contributed by atoms with Gasteiger partial charge in [0.15, 0.2) is 0 Å². The van der Waals surface area contributed by atoms with Crippen molar-refractivity contribution in [3.8, 4) is 5.75 Å².